The lowest BCUT2D eigenvalue weighted by Crippen LogP contribution is -2.20. The molecule has 0 unspecified atom stereocenters. The van der Waals surface area contributed by atoms with E-state index in [9.17, 15) is 0 Å². The maximum absolute atomic E-state index is 5.15. The molecule has 0 saturated carbocycles. The van der Waals surface area contributed by atoms with Crippen LogP contribution < -0.4 is 5.32 Å². The van der Waals surface area contributed by atoms with Crippen LogP contribution in [0.1, 0.15) is 11.4 Å². The Labute approximate surface area is 139 Å². The van der Waals surface area contributed by atoms with Crippen molar-refractivity contribution in [2.75, 3.05) is 26.8 Å². The van der Waals surface area contributed by atoms with Crippen molar-refractivity contribution in [1.29, 1.82) is 0 Å². The van der Waals surface area contributed by atoms with Gasteiger partial charge in [-0.25, -0.2) is 9.50 Å². The summed E-state index contributed by atoms with van der Waals surface area (Å²) in [6, 6.07) is 8.04. The molecule has 0 bridgehead atoms. The Kier molecular flexibility index (Phi) is 3.92. The molecule has 4 heterocycles. The summed E-state index contributed by atoms with van der Waals surface area (Å²) in [6.45, 7) is 2.24. The van der Waals surface area contributed by atoms with Gasteiger partial charge in [-0.2, -0.15) is 5.10 Å². The lowest BCUT2D eigenvalue weighted by Gasteiger charge is -2.08. The van der Waals surface area contributed by atoms with Gasteiger partial charge in [0.05, 0.1) is 24.4 Å². The number of aromatic nitrogens is 4. The van der Waals surface area contributed by atoms with E-state index in [1.165, 1.54) is 0 Å². The molecule has 3 aromatic rings. The first-order valence-electron chi connectivity index (χ1n) is 7.93. The van der Waals surface area contributed by atoms with E-state index in [-0.39, 0.29) is 0 Å². The summed E-state index contributed by atoms with van der Waals surface area (Å²) in [7, 11) is 1.68. The van der Waals surface area contributed by atoms with Gasteiger partial charge in [0.15, 0.2) is 11.5 Å². The quantitative estimate of drug-likeness (QED) is 0.767. The van der Waals surface area contributed by atoms with Crippen molar-refractivity contribution in [2.45, 2.75) is 6.42 Å². The van der Waals surface area contributed by atoms with Crippen LogP contribution in [0.15, 0.2) is 41.7 Å². The van der Waals surface area contributed by atoms with Crippen LogP contribution in [-0.4, -0.2) is 52.2 Å². The summed E-state index contributed by atoms with van der Waals surface area (Å²) in [5.74, 6) is 1.64. The largest absolute Gasteiger partial charge is 0.384 e. The summed E-state index contributed by atoms with van der Waals surface area (Å²) in [5.41, 5.74) is 3.81. The predicted molar refractivity (Wildman–Crippen MR) is 91.2 cm³/mol. The summed E-state index contributed by atoms with van der Waals surface area (Å²) < 4.78 is 7.04. The predicted octanol–water partition coefficient (Wildman–Crippen LogP) is 1.33. The van der Waals surface area contributed by atoms with Crippen molar-refractivity contribution < 1.29 is 4.74 Å². The Hall–Kier alpha value is -2.80. The minimum absolute atomic E-state index is 0.593. The Bertz CT molecular complexity index is 887. The number of fused-ring (bicyclic) bond motifs is 1. The maximum atomic E-state index is 5.15. The van der Waals surface area contributed by atoms with Gasteiger partial charge in [-0.15, -0.1) is 0 Å². The van der Waals surface area contributed by atoms with Gasteiger partial charge in [0, 0.05) is 38.0 Å². The highest BCUT2D eigenvalue weighted by molar-refractivity contribution is 6.04. The van der Waals surface area contributed by atoms with E-state index in [4.69, 9.17) is 9.72 Å². The molecular formula is C17H18N6O. The zero-order valence-corrected chi connectivity index (χ0v) is 13.4. The second-order valence-electron chi connectivity index (χ2n) is 5.53. The number of nitrogens with one attached hydrogen (secondary N) is 1. The lowest BCUT2D eigenvalue weighted by atomic mass is 10.1. The highest BCUT2D eigenvalue weighted by atomic mass is 16.5. The molecule has 122 valence electrons. The first-order valence-corrected chi connectivity index (χ1v) is 7.93. The summed E-state index contributed by atoms with van der Waals surface area (Å²) in [4.78, 5) is 13.3. The fourth-order valence-corrected chi connectivity index (χ4v) is 2.81. The summed E-state index contributed by atoms with van der Waals surface area (Å²) in [5, 5.41) is 7.99. The molecular weight excluding hydrogens is 304 g/mol. The molecule has 0 aromatic carbocycles. The molecule has 4 rings (SSSR count). The highest BCUT2D eigenvalue weighted by Gasteiger charge is 2.18. The molecule has 24 heavy (non-hydrogen) atoms. The van der Waals surface area contributed by atoms with Crippen molar-refractivity contribution in [3.05, 3.63) is 48.0 Å². The molecule has 1 N–H and O–H groups in total. The van der Waals surface area contributed by atoms with E-state index in [2.05, 4.69) is 32.5 Å². The van der Waals surface area contributed by atoms with E-state index >= 15 is 0 Å². The topological polar surface area (TPSA) is 76.7 Å². The standard InChI is InChI=1S/C17H18N6O/c1-24-11-6-15-21-17-13(16-19-9-10-20-16)2-3-14(23(17)22-15)12-4-7-18-8-5-12/h2-5,7-8H,6,9-11H2,1H3,(H,19,20). The highest BCUT2D eigenvalue weighted by Crippen LogP contribution is 2.22. The second kappa shape index (κ2) is 6.37. The molecule has 0 radical (unpaired) electrons. The lowest BCUT2D eigenvalue weighted by molar-refractivity contribution is 0.200. The van der Waals surface area contributed by atoms with E-state index in [1.54, 1.807) is 19.5 Å². The van der Waals surface area contributed by atoms with E-state index in [0.717, 1.165) is 47.2 Å². The van der Waals surface area contributed by atoms with Crippen LogP contribution in [0.3, 0.4) is 0 Å². The van der Waals surface area contributed by atoms with Gasteiger partial charge >= 0.3 is 0 Å². The minimum Gasteiger partial charge on any atom is -0.384 e. The van der Waals surface area contributed by atoms with Gasteiger partial charge in [-0.1, -0.05) is 0 Å². The number of methoxy groups -OCH3 is 1. The Morgan fingerprint density at radius 2 is 2.08 bits per heavy atom. The molecule has 1 aliphatic rings. The number of pyridine rings is 2. The minimum atomic E-state index is 0.593. The molecule has 0 atom stereocenters. The molecule has 7 nitrogen and oxygen atoms in total. The Morgan fingerprint density at radius 3 is 2.83 bits per heavy atom. The monoisotopic (exact) mass is 322 g/mol. The number of amidine groups is 1. The number of nitrogens with zero attached hydrogens (tertiary/aromatic N) is 5. The number of aliphatic imine (C=N–C) groups is 1. The van der Waals surface area contributed by atoms with Gasteiger partial charge in [0.1, 0.15) is 5.84 Å². The van der Waals surface area contributed by atoms with Crippen LogP contribution in [0.25, 0.3) is 16.9 Å². The first kappa shape index (κ1) is 14.8. The summed E-state index contributed by atoms with van der Waals surface area (Å²) >= 11 is 0. The molecule has 0 fully saturated rings. The molecule has 7 heteroatoms. The van der Waals surface area contributed by atoms with Crippen molar-refractivity contribution in [2.24, 2.45) is 4.99 Å². The average molecular weight is 322 g/mol. The molecule has 3 aromatic heterocycles. The van der Waals surface area contributed by atoms with E-state index < -0.39 is 0 Å². The molecule has 0 saturated heterocycles. The van der Waals surface area contributed by atoms with Crippen LogP contribution >= 0.6 is 0 Å². The smallest absolute Gasteiger partial charge is 0.167 e. The van der Waals surface area contributed by atoms with Gasteiger partial charge in [0.2, 0.25) is 0 Å². The van der Waals surface area contributed by atoms with Gasteiger partial charge in [0.25, 0.3) is 0 Å². The SMILES string of the molecule is COCCc1nc2c(C3=NCCN3)ccc(-c3ccncc3)n2n1. The fraction of sp³-hybridized carbons (Fsp3) is 0.294. The first-order chi connectivity index (χ1) is 11.9. The number of rotatable bonds is 5. The average Bonchev–Trinajstić information content (AvgIpc) is 3.29. The normalized spacial score (nSPS) is 14.0. The van der Waals surface area contributed by atoms with Crippen molar-refractivity contribution in [1.82, 2.24) is 24.9 Å². The molecule has 0 aliphatic carbocycles. The molecule has 1 aliphatic heterocycles. The molecule has 0 spiro atoms. The van der Waals surface area contributed by atoms with E-state index in [1.807, 2.05) is 16.6 Å². The summed E-state index contributed by atoms with van der Waals surface area (Å²) in [6.07, 6.45) is 4.23. The second-order valence-corrected chi connectivity index (χ2v) is 5.53. The zero-order chi connectivity index (χ0) is 16.4. The number of hydrogen-bond donors (Lipinski definition) is 1. The van der Waals surface area contributed by atoms with Crippen molar-refractivity contribution in [3.63, 3.8) is 0 Å². The van der Waals surface area contributed by atoms with Crippen LogP contribution in [0.4, 0.5) is 0 Å². The third-order valence-corrected chi connectivity index (χ3v) is 3.96. The number of hydrogen-bond acceptors (Lipinski definition) is 6. The van der Waals surface area contributed by atoms with Crippen LogP contribution in [0.5, 0.6) is 0 Å². The fourth-order valence-electron chi connectivity index (χ4n) is 2.81. The van der Waals surface area contributed by atoms with Crippen molar-refractivity contribution >= 4 is 11.5 Å². The van der Waals surface area contributed by atoms with Gasteiger partial charge in [-0.3, -0.25) is 9.98 Å². The van der Waals surface area contributed by atoms with Gasteiger partial charge in [-0.05, 0) is 24.3 Å². The Balaban J connectivity index is 1.88. The van der Waals surface area contributed by atoms with Crippen LogP contribution in [-0.2, 0) is 11.2 Å². The Morgan fingerprint density at radius 1 is 1.21 bits per heavy atom. The molecule has 0 amide bonds. The third kappa shape index (κ3) is 2.63. The van der Waals surface area contributed by atoms with Gasteiger partial charge < -0.3 is 10.1 Å². The van der Waals surface area contributed by atoms with Crippen molar-refractivity contribution in [3.8, 4) is 11.3 Å². The third-order valence-electron chi connectivity index (χ3n) is 3.96. The zero-order valence-electron chi connectivity index (χ0n) is 13.4. The maximum Gasteiger partial charge on any atom is 0.167 e. The number of ether oxygens (including phenoxy) is 1. The van der Waals surface area contributed by atoms with E-state index in [0.29, 0.717) is 13.0 Å². The van der Waals surface area contributed by atoms with Crippen LogP contribution in [0, 0.1) is 0 Å². The van der Waals surface area contributed by atoms with Crippen LogP contribution in [0.2, 0.25) is 0 Å².